The van der Waals surface area contributed by atoms with Crippen molar-refractivity contribution in [1.29, 1.82) is 0 Å². The van der Waals surface area contributed by atoms with Crippen molar-refractivity contribution in [1.82, 2.24) is 4.98 Å². The molecule has 0 radical (unpaired) electrons. The second-order valence-corrected chi connectivity index (χ2v) is 6.34. The summed E-state index contributed by atoms with van der Waals surface area (Å²) >= 11 is 0. The van der Waals surface area contributed by atoms with Gasteiger partial charge in [-0.3, -0.25) is 4.98 Å². The molecule has 1 aromatic heterocycles. The summed E-state index contributed by atoms with van der Waals surface area (Å²) in [5.74, 6) is 1.77. The van der Waals surface area contributed by atoms with Crippen LogP contribution in [0.4, 0.5) is 0 Å². The van der Waals surface area contributed by atoms with E-state index in [4.69, 9.17) is 9.47 Å². The van der Waals surface area contributed by atoms with Crippen molar-refractivity contribution in [3.05, 3.63) is 89.2 Å². The fraction of sp³-hybridized carbons (Fsp3) is 0.174. The number of hydrogen-bond donors (Lipinski definition) is 0. The summed E-state index contributed by atoms with van der Waals surface area (Å²) in [6.45, 7) is 0. The average molecular weight is 343 g/mol. The van der Waals surface area contributed by atoms with Crippen molar-refractivity contribution in [2.24, 2.45) is 0 Å². The summed E-state index contributed by atoms with van der Waals surface area (Å²) < 4.78 is 10.7. The molecule has 3 aromatic rings. The quantitative estimate of drug-likeness (QED) is 0.668. The molecule has 26 heavy (non-hydrogen) atoms. The lowest BCUT2D eigenvalue weighted by Crippen LogP contribution is -2.06. The molecule has 0 spiro atoms. The summed E-state index contributed by atoms with van der Waals surface area (Å²) in [4.78, 5) is 4.17. The minimum absolute atomic E-state index is 0.866. The van der Waals surface area contributed by atoms with Gasteiger partial charge >= 0.3 is 0 Å². The molecule has 0 amide bonds. The Morgan fingerprint density at radius 2 is 1.42 bits per heavy atom. The van der Waals surface area contributed by atoms with E-state index in [-0.39, 0.29) is 0 Å². The van der Waals surface area contributed by atoms with Gasteiger partial charge in [-0.2, -0.15) is 0 Å². The third kappa shape index (κ3) is 2.97. The zero-order valence-corrected chi connectivity index (χ0v) is 15.0. The molecule has 1 aliphatic rings. The van der Waals surface area contributed by atoms with Crippen LogP contribution in [0.25, 0.3) is 11.1 Å². The van der Waals surface area contributed by atoms with Gasteiger partial charge in [0.15, 0.2) is 0 Å². The summed E-state index contributed by atoms with van der Waals surface area (Å²) in [5, 5.41) is 0. The summed E-state index contributed by atoms with van der Waals surface area (Å²) in [6, 6.07) is 18.9. The molecule has 0 unspecified atom stereocenters. The third-order valence-electron chi connectivity index (χ3n) is 4.94. The molecule has 0 saturated carbocycles. The lowest BCUT2D eigenvalue weighted by Gasteiger charge is -2.25. The van der Waals surface area contributed by atoms with Crippen LogP contribution in [0, 0.1) is 0 Å². The molecule has 4 rings (SSSR count). The number of nitrogens with zero attached hydrogens (tertiary/aromatic N) is 1. The zero-order valence-electron chi connectivity index (χ0n) is 15.0. The van der Waals surface area contributed by atoms with Gasteiger partial charge in [0.1, 0.15) is 11.5 Å². The van der Waals surface area contributed by atoms with E-state index in [2.05, 4.69) is 41.4 Å². The molecule has 1 aliphatic carbocycles. The first-order chi connectivity index (χ1) is 12.8. The Labute approximate surface area is 153 Å². The highest BCUT2D eigenvalue weighted by molar-refractivity contribution is 6.00. The number of allylic oxidation sites excluding steroid dienone is 1. The van der Waals surface area contributed by atoms with E-state index in [9.17, 15) is 0 Å². The molecule has 130 valence electrons. The minimum atomic E-state index is 0.866. The molecule has 0 fully saturated rings. The standard InChI is InChI=1S/C23H21NO2/c1-25-19-6-3-17(4-7-19)23-21(16-11-13-24-14-12-16)9-5-18-15-20(26-2)8-10-22(18)23/h3-4,6-8,10-15H,5,9H2,1-2H3. The SMILES string of the molecule is COc1ccc(C2=C(c3ccncc3)CCc3cc(OC)ccc32)cc1. The maximum atomic E-state index is 5.42. The van der Waals surface area contributed by atoms with Crippen LogP contribution in [0.3, 0.4) is 0 Å². The molecule has 2 aromatic carbocycles. The minimum Gasteiger partial charge on any atom is -0.497 e. The van der Waals surface area contributed by atoms with Gasteiger partial charge in [0, 0.05) is 12.4 Å². The van der Waals surface area contributed by atoms with E-state index in [1.165, 1.54) is 33.4 Å². The number of aryl methyl sites for hydroxylation is 1. The van der Waals surface area contributed by atoms with Crippen LogP contribution in [0.1, 0.15) is 28.7 Å². The number of hydrogen-bond acceptors (Lipinski definition) is 3. The fourth-order valence-corrected chi connectivity index (χ4v) is 3.62. The molecule has 3 nitrogen and oxygen atoms in total. The van der Waals surface area contributed by atoms with Gasteiger partial charge < -0.3 is 9.47 Å². The van der Waals surface area contributed by atoms with Crippen molar-refractivity contribution in [2.45, 2.75) is 12.8 Å². The Bertz CT molecular complexity index is 944. The van der Waals surface area contributed by atoms with E-state index in [1.807, 2.05) is 30.6 Å². The van der Waals surface area contributed by atoms with Crippen LogP contribution in [-0.2, 0) is 6.42 Å². The first-order valence-electron chi connectivity index (χ1n) is 8.75. The summed E-state index contributed by atoms with van der Waals surface area (Å²) in [7, 11) is 3.41. The number of fused-ring (bicyclic) bond motifs is 1. The predicted octanol–water partition coefficient (Wildman–Crippen LogP) is 5.00. The average Bonchev–Trinajstić information content (AvgIpc) is 2.73. The highest BCUT2D eigenvalue weighted by atomic mass is 16.5. The number of methoxy groups -OCH3 is 2. The number of rotatable bonds is 4. The maximum Gasteiger partial charge on any atom is 0.119 e. The molecule has 0 aliphatic heterocycles. The van der Waals surface area contributed by atoms with Crippen LogP contribution in [-0.4, -0.2) is 19.2 Å². The second-order valence-electron chi connectivity index (χ2n) is 6.34. The number of ether oxygens (including phenoxy) is 2. The van der Waals surface area contributed by atoms with Crippen LogP contribution >= 0.6 is 0 Å². The van der Waals surface area contributed by atoms with E-state index >= 15 is 0 Å². The molecule has 3 heteroatoms. The Morgan fingerprint density at radius 3 is 2.12 bits per heavy atom. The first kappa shape index (κ1) is 16.4. The van der Waals surface area contributed by atoms with Gasteiger partial charge in [-0.05, 0) is 82.6 Å². The largest absolute Gasteiger partial charge is 0.497 e. The van der Waals surface area contributed by atoms with Crippen LogP contribution in [0.5, 0.6) is 11.5 Å². The zero-order chi connectivity index (χ0) is 17.9. The van der Waals surface area contributed by atoms with Gasteiger partial charge in [-0.15, -0.1) is 0 Å². The smallest absolute Gasteiger partial charge is 0.119 e. The normalized spacial score (nSPS) is 13.3. The Kier molecular flexibility index (Phi) is 4.44. The van der Waals surface area contributed by atoms with Crippen molar-refractivity contribution in [3.8, 4) is 11.5 Å². The maximum absolute atomic E-state index is 5.42. The highest BCUT2D eigenvalue weighted by Crippen LogP contribution is 2.41. The number of benzene rings is 2. The van der Waals surface area contributed by atoms with E-state index in [0.29, 0.717) is 0 Å². The first-order valence-corrected chi connectivity index (χ1v) is 8.75. The lowest BCUT2D eigenvalue weighted by molar-refractivity contribution is 0.414. The highest BCUT2D eigenvalue weighted by Gasteiger charge is 2.22. The Morgan fingerprint density at radius 1 is 0.731 bits per heavy atom. The van der Waals surface area contributed by atoms with Gasteiger partial charge in [0.05, 0.1) is 14.2 Å². The summed E-state index contributed by atoms with van der Waals surface area (Å²) in [5.41, 5.74) is 7.66. The molecule has 0 bridgehead atoms. The fourth-order valence-electron chi connectivity index (χ4n) is 3.62. The monoisotopic (exact) mass is 343 g/mol. The van der Waals surface area contributed by atoms with E-state index in [1.54, 1.807) is 14.2 Å². The molecular weight excluding hydrogens is 322 g/mol. The Hall–Kier alpha value is -3.07. The van der Waals surface area contributed by atoms with Crippen molar-refractivity contribution in [3.63, 3.8) is 0 Å². The van der Waals surface area contributed by atoms with E-state index in [0.717, 1.165) is 24.3 Å². The van der Waals surface area contributed by atoms with Gasteiger partial charge in [-0.1, -0.05) is 18.2 Å². The molecule has 1 heterocycles. The lowest BCUT2D eigenvalue weighted by atomic mass is 9.80. The van der Waals surface area contributed by atoms with E-state index < -0.39 is 0 Å². The second kappa shape index (κ2) is 7.04. The van der Waals surface area contributed by atoms with Gasteiger partial charge in [0.25, 0.3) is 0 Å². The number of aromatic nitrogens is 1. The molecule has 0 N–H and O–H groups in total. The van der Waals surface area contributed by atoms with Crippen LogP contribution in [0.2, 0.25) is 0 Å². The van der Waals surface area contributed by atoms with Crippen molar-refractivity contribution < 1.29 is 9.47 Å². The van der Waals surface area contributed by atoms with Crippen LogP contribution in [0.15, 0.2) is 67.0 Å². The van der Waals surface area contributed by atoms with Crippen molar-refractivity contribution in [2.75, 3.05) is 14.2 Å². The third-order valence-corrected chi connectivity index (χ3v) is 4.94. The Balaban J connectivity index is 1.93. The molecule has 0 saturated heterocycles. The topological polar surface area (TPSA) is 31.4 Å². The van der Waals surface area contributed by atoms with Crippen LogP contribution < -0.4 is 9.47 Å². The number of pyridine rings is 1. The molecule has 0 atom stereocenters. The van der Waals surface area contributed by atoms with Crippen molar-refractivity contribution >= 4 is 11.1 Å². The molecular formula is C23H21NO2. The van der Waals surface area contributed by atoms with Gasteiger partial charge in [0.2, 0.25) is 0 Å². The predicted molar refractivity (Wildman–Crippen MR) is 104 cm³/mol. The summed E-state index contributed by atoms with van der Waals surface area (Å²) in [6.07, 6.45) is 5.71. The van der Waals surface area contributed by atoms with Gasteiger partial charge in [-0.25, -0.2) is 0 Å².